The molecule has 5 heteroatoms. The van der Waals surface area contributed by atoms with Gasteiger partial charge in [-0.1, -0.05) is 0 Å². The van der Waals surface area contributed by atoms with E-state index < -0.39 is 5.60 Å². The van der Waals surface area contributed by atoms with Crippen molar-refractivity contribution in [2.24, 2.45) is 0 Å². The largest absolute Gasteiger partial charge is 0.444 e. The predicted molar refractivity (Wildman–Crippen MR) is 88.1 cm³/mol. The zero-order valence-corrected chi connectivity index (χ0v) is 13.8. The van der Waals surface area contributed by atoms with Crippen molar-refractivity contribution >= 4 is 17.5 Å². The fourth-order valence-corrected chi connectivity index (χ4v) is 3.51. The van der Waals surface area contributed by atoms with E-state index in [1.54, 1.807) is 0 Å². The van der Waals surface area contributed by atoms with E-state index >= 15 is 0 Å². The predicted octanol–water partition coefficient (Wildman–Crippen LogP) is 2.78. The second kappa shape index (κ2) is 5.07. The van der Waals surface area contributed by atoms with Crippen LogP contribution in [0, 0.1) is 6.92 Å². The van der Waals surface area contributed by atoms with Gasteiger partial charge in [-0.25, -0.2) is 4.79 Å². The Kier molecular flexibility index (Phi) is 3.46. The number of carbonyl (C=O) groups excluding carboxylic acids is 1. The van der Waals surface area contributed by atoms with Crippen LogP contribution in [0.4, 0.5) is 16.2 Å². The van der Waals surface area contributed by atoms with Crippen LogP contribution in [0.25, 0.3) is 0 Å². The van der Waals surface area contributed by atoms with E-state index in [-0.39, 0.29) is 12.1 Å². The molecule has 1 amide bonds. The van der Waals surface area contributed by atoms with E-state index in [0.29, 0.717) is 6.04 Å². The molecule has 2 atom stereocenters. The summed E-state index contributed by atoms with van der Waals surface area (Å²) in [5.74, 6) is 0. The molecule has 0 radical (unpaired) electrons. The molecule has 5 nitrogen and oxygen atoms in total. The fraction of sp³-hybridized carbons (Fsp3) is 0.588. The van der Waals surface area contributed by atoms with Crippen LogP contribution in [-0.4, -0.2) is 41.8 Å². The van der Waals surface area contributed by atoms with Crippen molar-refractivity contribution in [3.05, 3.63) is 23.8 Å². The molecule has 2 aliphatic heterocycles. The highest BCUT2D eigenvalue weighted by Crippen LogP contribution is 2.37. The minimum absolute atomic E-state index is 0.186. The van der Waals surface area contributed by atoms with Crippen molar-refractivity contribution in [3.8, 4) is 0 Å². The van der Waals surface area contributed by atoms with Crippen molar-refractivity contribution < 1.29 is 9.53 Å². The van der Waals surface area contributed by atoms with Crippen molar-refractivity contribution in [2.75, 3.05) is 23.7 Å². The Bertz CT molecular complexity index is 594. The normalized spacial score (nSPS) is 24.0. The highest BCUT2D eigenvalue weighted by Gasteiger charge is 2.46. The third-order valence-electron chi connectivity index (χ3n) is 4.40. The fourth-order valence-electron chi connectivity index (χ4n) is 3.51. The Labute approximate surface area is 132 Å². The molecule has 2 fully saturated rings. The average Bonchev–Trinajstić information content (AvgIpc) is 2.96. The van der Waals surface area contributed by atoms with Crippen molar-refractivity contribution in [2.45, 2.75) is 51.8 Å². The molecule has 1 aromatic carbocycles. The first-order valence-corrected chi connectivity index (χ1v) is 7.87. The number of amides is 1. The van der Waals surface area contributed by atoms with Gasteiger partial charge in [0.2, 0.25) is 0 Å². The molecule has 1 aromatic rings. The van der Waals surface area contributed by atoms with Crippen LogP contribution in [-0.2, 0) is 4.74 Å². The molecule has 120 valence electrons. The molecule has 2 aliphatic rings. The number of fused-ring (bicyclic) bond motifs is 2. The number of nitrogens with two attached hydrogens (primary N) is 1. The van der Waals surface area contributed by atoms with E-state index in [2.05, 4.69) is 17.9 Å². The molecule has 22 heavy (non-hydrogen) atoms. The molecular weight excluding hydrogens is 278 g/mol. The first kappa shape index (κ1) is 15.0. The number of ether oxygens (including phenoxy) is 1. The summed E-state index contributed by atoms with van der Waals surface area (Å²) in [6, 6.07) is 6.66. The van der Waals surface area contributed by atoms with Crippen LogP contribution < -0.4 is 10.6 Å². The van der Waals surface area contributed by atoms with Gasteiger partial charge < -0.3 is 20.3 Å². The van der Waals surface area contributed by atoms with Crippen molar-refractivity contribution in [1.29, 1.82) is 0 Å². The lowest BCUT2D eigenvalue weighted by molar-refractivity contribution is 0.0215. The number of piperazine rings is 1. The van der Waals surface area contributed by atoms with Crippen LogP contribution >= 0.6 is 0 Å². The van der Waals surface area contributed by atoms with Gasteiger partial charge in [0.25, 0.3) is 0 Å². The molecule has 2 saturated heterocycles. The number of hydrogen-bond donors (Lipinski definition) is 1. The Hall–Kier alpha value is -1.91. The number of nitrogen functional groups attached to an aromatic ring is 1. The molecule has 0 aliphatic carbocycles. The van der Waals surface area contributed by atoms with Crippen LogP contribution in [0.2, 0.25) is 0 Å². The summed E-state index contributed by atoms with van der Waals surface area (Å²) in [6.45, 7) is 9.41. The van der Waals surface area contributed by atoms with Gasteiger partial charge in [0, 0.05) is 30.5 Å². The summed E-state index contributed by atoms with van der Waals surface area (Å²) >= 11 is 0. The van der Waals surface area contributed by atoms with Gasteiger partial charge in [-0.15, -0.1) is 0 Å². The maximum Gasteiger partial charge on any atom is 0.410 e. The molecular formula is C17H25N3O2. The van der Waals surface area contributed by atoms with Crippen molar-refractivity contribution in [1.82, 2.24) is 4.90 Å². The molecule has 0 saturated carbocycles. The average molecular weight is 303 g/mol. The molecule has 0 spiro atoms. The van der Waals surface area contributed by atoms with Crippen molar-refractivity contribution in [3.63, 3.8) is 0 Å². The quantitative estimate of drug-likeness (QED) is 0.811. The molecule has 2 heterocycles. The van der Waals surface area contributed by atoms with Crippen LogP contribution in [0.1, 0.15) is 32.8 Å². The minimum atomic E-state index is -0.438. The maximum absolute atomic E-state index is 12.3. The zero-order valence-electron chi connectivity index (χ0n) is 13.8. The minimum Gasteiger partial charge on any atom is -0.444 e. The van der Waals surface area contributed by atoms with E-state index in [1.807, 2.05) is 37.8 Å². The highest BCUT2D eigenvalue weighted by molar-refractivity contribution is 5.71. The van der Waals surface area contributed by atoms with Crippen LogP contribution in [0.3, 0.4) is 0 Å². The van der Waals surface area contributed by atoms with Crippen LogP contribution in [0.15, 0.2) is 18.2 Å². The second-order valence-corrected chi connectivity index (χ2v) is 7.37. The second-order valence-electron chi connectivity index (χ2n) is 7.37. The summed E-state index contributed by atoms with van der Waals surface area (Å²) in [6.07, 6.45) is 0.831. The lowest BCUT2D eigenvalue weighted by atomic mass is 10.1. The van der Waals surface area contributed by atoms with E-state index in [9.17, 15) is 4.79 Å². The monoisotopic (exact) mass is 303 g/mol. The molecule has 0 aromatic heterocycles. The van der Waals surface area contributed by atoms with Gasteiger partial charge in [0.05, 0.1) is 6.04 Å². The summed E-state index contributed by atoms with van der Waals surface area (Å²) in [7, 11) is 0. The van der Waals surface area contributed by atoms with E-state index in [1.165, 1.54) is 11.3 Å². The zero-order chi connectivity index (χ0) is 16.1. The Balaban J connectivity index is 1.71. The number of carbonyl (C=O) groups is 1. The number of likely N-dealkylation sites (tertiary alicyclic amines) is 1. The smallest absolute Gasteiger partial charge is 0.410 e. The molecule has 2 bridgehead atoms. The maximum atomic E-state index is 12.3. The Morgan fingerprint density at radius 2 is 2.00 bits per heavy atom. The topological polar surface area (TPSA) is 58.8 Å². The first-order chi connectivity index (χ1) is 10.2. The van der Waals surface area contributed by atoms with Gasteiger partial charge in [0.1, 0.15) is 5.60 Å². The molecule has 2 N–H and O–H groups in total. The SMILES string of the molecule is Cc1cc(N)ccc1N1C[C@@H]2C[C@H]1CN2C(=O)OC(C)(C)C. The number of anilines is 2. The van der Waals surface area contributed by atoms with Gasteiger partial charge >= 0.3 is 6.09 Å². The van der Waals surface area contributed by atoms with E-state index in [0.717, 1.165) is 25.2 Å². The lowest BCUT2D eigenvalue weighted by Crippen LogP contribution is -2.50. The number of benzene rings is 1. The summed E-state index contributed by atoms with van der Waals surface area (Å²) in [4.78, 5) is 16.6. The summed E-state index contributed by atoms with van der Waals surface area (Å²) < 4.78 is 5.51. The lowest BCUT2D eigenvalue weighted by Gasteiger charge is -2.37. The number of nitrogens with zero attached hydrogens (tertiary/aromatic N) is 2. The number of rotatable bonds is 1. The Morgan fingerprint density at radius 3 is 2.55 bits per heavy atom. The molecule has 3 rings (SSSR count). The van der Waals surface area contributed by atoms with E-state index in [4.69, 9.17) is 10.5 Å². The Morgan fingerprint density at radius 1 is 1.27 bits per heavy atom. The van der Waals surface area contributed by atoms with Gasteiger partial charge in [-0.05, 0) is 57.9 Å². The van der Waals surface area contributed by atoms with Crippen LogP contribution in [0.5, 0.6) is 0 Å². The van der Waals surface area contributed by atoms with Gasteiger partial charge in [-0.2, -0.15) is 0 Å². The highest BCUT2D eigenvalue weighted by atomic mass is 16.6. The third-order valence-corrected chi connectivity index (χ3v) is 4.40. The third kappa shape index (κ3) is 2.72. The molecule has 0 unspecified atom stereocenters. The summed E-state index contributed by atoms with van der Waals surface area (Å²) in [5.41, 5.74) is 8.61. The van der Waals surface area contributed by atoms with Gasteiger partial charge in [0.15, 0.2) is 0 Å². The standard InChI is InChI=1S/C17H25N3O2/c1-11-7-12(18)5-6-15(11)19-9-14-8-13(19)10-20(14)16(21)22-17(2,3)4/h5-7,13-14H,8-10,18H2,1-4H3/t13-,14-/m0/s1. The number of aryl methyl sites for hydroxylation is 1. The van der Waals surface area contributed by atoms with Gasteiger partial charge in [-0.3, -0.25) is 0 Å². The number of hydrogen-bond acceptors (Lipinski definition) is 4. The summed E-state index contributed by atoms with van der Waals surface area (Å²) in [5, 5.41) is 0. The first-order valence-electron chi connectivity index (χ1n) is 7.87.